The first-order valence-corrected chi connectivity index (χ1v) is 8.27. The summed E-state index contributed by atoms with van der Waals surface area (Å²) in [6, 6.07) is 2.10. The SMILES string of the molecule is CC(C)(C)C1CCN(Cc2sccc2C#CCCO)C1. The van der Waals surface area contributed by atoms with Gasteiger partial charge in [0.25, 0.3) is 0 Å². The molecule has 1 aliphatic heterocycles. The molecule has 0 radical (unpaired) electrons. The fourth-order valence-electron chi connectivity index (χ4n) is 2.67. The normalized spacial score (nSPS) is 19.9. The van der Waals surface area contributed by atoms with E-state index < -0.39 is 0 Å². The minimum Gasteiger partial charge on any atom is -0.395 e. The van der Waals surface area contributed by atoms with Crippen molar-refractivity contribution >= 4 is 11.3 Å². The van der Waals surface area contributed by atoms with E-state index in [0.717, 1.165) is 18.0 Å². The van der Waals surface area contributed by atoms with Gasteiger partial charge in [-0.3, -0.25) is 4.90 Å². The molecule has 0 aromatic carbocycles. The summed E-state index contributed by atoms with van der Waals surface area (Å²) in [5.41, 5.74) is 1.55. The summed E-state index contributed by atoms with van der Waals surface area (Å²) >= 11 is 1.80. The molecule has 1 fully saturated rings. The number of nitrogens with zero attached hydrogens (tertiary/aromatic N) is 1. The number of thiophene rings is 1. The fourth-order valence-corrected chi connectivity index (χ4v) is 3.55. The molecule has 0 bridgehead atoms. The minimum absolute atomic E-state index is 0.145. The summed E-state index contributed by atoms with van der Waals surface area (Å²) in [7, 11) is 0. The number of hydrogen-bond acceptors (Lipinski definition) is 3. The highest BCUT2D eigenvalue weighted by atomic mass is 32.1. The Kier molecular flexibility index (Phi) is 5.26. The van der Waals surface area contributed by atoms with Crippen LogP contribution in [0.1, 0.15) is 44.1 Å². The van der Waals surface area contributed by atoms with Gasteiger partial charge in [-0.25, -0.2) is 0 Å². The standard InChI is InChI=1S/C17H25NOS/c1-17(2,3)15-7-9-18(12-15)13-16-14(8-11-20-16)6-4-5-10-19/h8,11,15,19H,5,7,9-10,12-13H2,1-3H3. The zero-order valence-corrected chi connectivity index (χ0v) is 13.6. The first kappa shape index (κ1) is 15.6. The Morgan fingerprint density at radius 1 is 1.45 bits per heavy atom. The lowest BCUT2D eigenvalue weighted by Crippen LogP contribution is -2.25. The van der Waals surface area contributed by atoms with Crippen molar-refractivity contribution in [3.05, 3.63) is 21.9 Å². The number of hydrogen-bond donors (Lipinski definition) is 1. The first-order chi connectivity index (χ1) is 9.50. The van der Waals surface area contributed by atoms with E-state index in [1.54, 1.807) is 11.3 Å². The molecular formula is C17H25NOS. The Bertz CT molecular complexity index is 489. The topological polar surface area (TPSA) is 23.5 Å². The minimum atomic E-state index is 0.145. The zero-order valence-electron chi connectivity index (χ0n) is 12.8. The molecule has 3 heteroatoms. The van der Waals surface area contributed by atoms with Crippen LogP contribution in [-0.4, -0.2) is 29.7 Å². The molecule has 1 atom stereocenters. The van der Waals surface area contributed by atoms with E-state index in [9.17, 15) is 0 Å². The maximum absolute atomic E-state index is 8.79. The van der Waals surface area contributed by atoms with Crippen molar-refractivity contribution in [2.75, 3.05) is 19.7 Å². The second kappa shape index (κ2) is 6.76. The fraction of sp³-hybridized carbons (Fsp3) is 0.647. The maximum Gasteiger partial charge on any atom is 0.0540 e. The van der Waals surface area contributed by atoms with Crippen molar-refractivity contribution < 1.29 is 5.11 Å². The zero-order chi connectivity index (χ0) is 14.6. The van der Waals surface area contributed by atoms with Gasteiger partial charge in [0.15, 0.2) is 0 Å². The average Bonchev–Trinajstić information content (AvgIpc) is 2.99. The smallest absolute Gasteiger partial charge is 0.0540 e. The Balaban J connectivity index is 1.96. The van der Waals surface area contributed by atoms with E-state index in [1.807, 2.05) is 0 Å². The third-order valence-electron chi connectivity index (χ3n) is 4.07. The van der Waals surface area contributed by atoms with Crippen LogP contribution in [0, 0.1) is 23.2 Å². The number of rotatable bonds is 3. The molecule has 0 aliphatic carbocycles. The summed E-state index contributed by atoms with van der Waals surface area (Å²) in [4.78, 5) is 3.92. The van der Waals surface area contributed by atoms with Crippen LogP contribution in [0.15, 0.2) is 11.4 Å². The van der Waals surface area contributed by atoms with Gasteiger partial charge in [0, 0.05) is 30.0 Å². The van der Waals surface area contributed by atoms with Crippen LogP contribution >= 0.6 is 11.3 Å². The molecular weight excluding hydrogens is 266 g/mol. The van der Waals surface area contributed by atoms with Crippen LogP contribution in [0.25, 0.3) is 0 Å². The molecule has 0 spiro atoms. The van der Waals surface area contributed by atoms with Crippen LogP contribution in [0.3, 0.4) is 0 Å². The highest BCUT2D eigenvalue weighted by molar-refractivity contribution is 7.10. The Morgan fingerprint density at radius 3 is 2.90 bits per heavy atom. The number of aliphatic hydroxyl groups is 1. The molecule has 1 aliphatic rings. The lowest BCUT2D eigenvalue weighted by molar-refractivity contribution is 0.227. The third-order valence-corrected chi connectivity index (χ3v) is 4.98. The lowest BCUT2D eigenvalue weighted by Gasteiger charge is -2.27. The van der Waals surface area contributed by atoms with Crippen molar-refractivity contribution in [2.45, 2.75) is 40.2 Å². The van der Waals surface area contributed by atoms with Gasteiger partial charge in [-0.05, 0) is 35.7 Å². The van der Waals surface area contributed by atoms with Crippen molar-refractivity contribution in [2.24, 2.45) is 11.3 Å². The van der Waals surface area contributed by atoms with Crippen LogP contribution in [0.2, 0.25) is 0 Å². The van der Waals surface area contributed by atoms with Gasteiger partial charge >= 0.3 is 0 Å². The summed E-state index contributed by atoms with van der Waals surface area (Å²) < 4.78 is 0. The van der Waals surface area contributed by atoms with Crippen LogP contribution < -0.4 is 0 Å². The summed E-state index contributed by atoms with van der Waals surface area (Å²) in [5.74, 6) is 7.00. The lowest BCUT2D eigenvalue weighted by atomic mass is 9.80. The summed E-state index contributed by atoms with van der Waals surface area (Å²) in [5, 5.41) is 10.9. The Labute approximate surface area is 126 Å². The van der Waals surface area contributed by atoms with Gasteiger partial charge in [0.05, 0.1) is 6.61 Å². The summed E-state index contributed by atoms with van der Waals surface area (Å²) in [6.45, 7) is 10.6. The Morgan fingerprint density at radius 2 is 2.25 bits per heavy atom. The average molecular weight is 291 g/mol. The molecule has 110 valence electrons. The molecule has 1 aromatic rings. The van der Waals surface area contributed by atoms with E-state index in [2.05, 4.69) is 49.0 Å². The summed E-state index contributed by atoms with van der Waals surface area (Å²) in [6.07, 6.45) is 1.87. The predicted octanol–water partition coefficient (Wildman–Crippen LogP) is 3.35. The second-order valence-corrected chi connectivity index (χ2v) is 7.62. The van der Waals surface area contributed by atoms with Crippen LogP contribution in [-0.2, 0) is 6.54 Å². The first-order valence-electron chi connectivity index (χ1n) is 7.39. The highest BCUT2D eigenvalue weighted by Crippen LogP contribution is 2.34. The third kappa shape index (κ3) is 4.09. The van der Waals surface area contributed by atoms with Crippen molar-refractivity contribution in [1.29, 1.82) is 0 Å². The van der Waals surface area contributed by atoms with Gasteiger partial charge in [0.1, 0.15) is 0 Å². The molecule has 20 heavy (non-hydrogen) atoms. The van der Waals surface area contributed by atoms with Crippen molar-refractivity contribution in [3.8, 4) is 11.8 Å². The van der Waals surface area contributed by atoms with Gasteiger partial charge in [0.2, 0.25) is 0 Å². The van der Waals surface area contributed by atoms with E-state index in [0.29, 0.717) is 11.8 Å². The van der Waals surface area contributed by atoms with Gasteiger partial charge in [-0.1, -0.05) is 32.6 Å². The number of aliphatic hydroxyl groups excluding tert-OH is 1. The highest BCUT2D eigenvalue weighted by Gasteiger charge is 2.31. The molecule has 1 N–H and O–H groups in total. The Hall–Kier alpha value is -0.820. The van der Waals surface area contributed by atoms with Gasteiger partial charge in [-0.2, -0.15) is 0 Å². The molecule has 1 aromatic heterocycles. The molecule has 2 heterocycles. The van der Waals surface area contributed by atoms with Crippen LogP contribution in [0.5, 0.6) is 0 Å². The van der Waals surface area contributed by atoms with E-state index in [-0.39, 0.29) is 6.61 Å². The van der Waals surface area contributed by atoms with E-state index in [1.165, 1.54) is 24.4 Å². The molecule has 0 amide bonds. The molecule has 0 saturated carbocycles. The molecule has 2 rings (SSSR count). The van der Waals surface area contributed by atoms with Gasteiger partial charge < -0.3 is 5.11 Å². The largest absolute Gasteiger partial charge is 0.395 e. The van der Waals surface area contributed by atoms with E-state index in [4.69, 9.17) is 5.11 Å². The maximum atomic E-state index is 8.79. The molecule has 1 saturated heterocycles. The van der Waals surface area contributed by atoms with Gasteiger partial charge in [-0.15, -0.1) is 11.3 Å². The second-order valence-electron chi connectivity index (χ2n) is 6.62. The van der Waals surface area contributed by atoms with Crippen molar-refractivity contribution in [3.63, 3.8) is 0 Å². The van der Waals surface area contributed by atoms with Crippen LogP contribution in [0.4, 0.5) is 0 Å². The number of likely N-dealkylation sites (tertiary alicyclic amines) is 1. The monoisotopic (exact) mass is 291 g/mol. The predicted molar refractivity (Wildman–Crippen MR) is 85.7 cm³/mol. The molecule has 2 nitrogen and oxygen atoms in total. The van der Waals surface area contributed by atoms with Crippen molar-refractivity contribution in [1.82, 2.24) is 4.90 Å². The molecule has 1 unspecified atom stereocenters. The quantitative estimate of drug-likeness (QED) is 0.863. The van der Waals surface area contributed by atoms with E-state index >= 15 is 0 Å².